The first-order valence-corrected chi connectivity index (χ1v) is 6.10. The summed E-state index contributed by atoms with van der Waals surface area (Å²) < 4.78 is 39.1. The van der Waals surface area contributed by atoms with Crippen molar-refractivity contribution in [2.45, 2.75) is 18.6 Å². The van der Waals surface area contributed by atoms with Crippen LogP contribution in [0, 0.1) is 11.6 Å². The summed E-state index contributed by atoms with van der Waals surface area (Å²) in [4.78, 5) is 11.7. The van der Waals surface area contributed by atoms with E-state index in [-0.39, 0.29) is 23.1 Å². The molecule has 18 heavy (non-hydrogen) atoms. The number of carbonyl (C=O) groups excluding carboxylic acids is 1. The summed E-state index contributed by atoms with van der Waals surface area (Å²) in [7, 11) is 0. The second-order valence-corrected chi connectivity index (χ2v) is 4.80. The van der Waals surface area contributed by atoms with Crippen LogP contribution in [0.4, 0.5) is 18.9 Å². The molecule has 2 rings (SSSR count). The van der Waals surface area contributed by atoms with Crippen LogP contribution >= 0.6 is 15.9 Å². The summed E-state index contributed by atoms with van der Waals surface area (Å²) in [5.74, 6) is -2.18. The van der Waals surface area contributed by atoms with Gasteiger partial charge >= 0.3 is 0 Å². The summed E-state index contributed by atoms with van der Waals surface area (Å²) in [5, 5.41) is 4.98. The fourth-order valence-electron chi connectivity index (χ4n) is 1.73. The Hall–Kier alpha value is -1.08. The van der Waals surface area contributed by atoms with E-state index in [1.807, 2.05) is 0 Å². The van der Waals surface area contributed by atoms with E-state index >= 15 is 0 Å². The molecule has 0 bridgehead atoms. The normalized spacial score (nSPS) is 23.1. The number of benzene rings is 1. The highest BCUT2D eigenvalue weighted by Gasteiger charge is 2.29. The number of nitrogens with one attached hydrogen (secondary N) is 2. The molecule has 2 N–H and O–H groups in total. The van der Waals surface area contributed by atoms with Crippen molar-refractivity contribution in [2.24, 2.45) is 0 Å². The van der Waals surface area contributed by atoms with E-state index in [2.05, 4.69) is 26.6 Å². The molecule has 2 unspecified atom stereocenters. The van der Waals surface area contributed by atoms with Crippen LogP contribution < -0.4 is 10.6 Å². The average molecular weight is 323 g/mol. The lowest BCUT2D eigenvalue weighted by Crippen LogP contribution is -2.35. The van der Waals surface area contributed by atoms with E-state index < -0.39 is 29.8 Å². The van der Waals surface area contributed by atoms with E-state index in [0.29, 0.717) is 0 Å². The molecule has 1 aliphatic rings. The topological polar surface area (TPSA) is 41.1 Å². The van der Waals surface area contributed by atoms with Crippen LogP contribution in [0.3, 0.4) is 0 Å². The lowest BCUT2D eigenvalue weighted by Gasteiger charge is -2.12. The average Bonchev–Trinajstić information content (AvgIpc) is 2.77. The van der Waals surface area contributed by atoms with E-state index in [9.17, 15) is 18.0 Å². The van der Waals surface area contributed by atoms with Crippen molar-refractivity contribution in [3.8, 4) is 0 Å². The fraction of sp³-hybridized carbons (Fsp3) is 0.364. The lowest BCUT2D eigenvalue weighted by atomic mass is 10.2. The van der Waals surface area contributed by atoms with Gasteiger partial charge in [-0.3, -0.25) is 4.79 Å². The highest BCUT2D eigenvalue weighted by atomic mass is 79.9. The van der Waals surface area contributed by atoms with Gasteiger partial charge in [0.15, 0.2) is 5.82 Å². The molecule has 0 aliphatic carbocycles. The minimum atomic E-state index is -1.08. The van der Waals surface area contributed by atoms with Crippen molar-refractivity contribution >= 4 is 27.5 Å². The number of hydrogen-bond donors (Lipinski definition) is 2. The Morgan fingerprint density at radius 3 is 2.78 bits per heavy atom. The van der Waals surface area contributed by atoms with Crippen molar-refractivity contribution in [1.82, 2.24) is 5.32 Å². The molecule has 1 saturated heterocycles. The van der Waals surface area contributed by atoms with Crippen molar-refractivity contribution in [2.75, 3.05) is 11.9 Å². The van der Waals surface area contributed by atoms with Crippen molar-refractivity contribution < 1.29 is 18.0 Å². The van der Waals surface area contributed by atoms with Gasteiger partial charge in [0.1, 0.15) is 12.0 Å². The molecule has 1 aromatic carbocycles. The van der Waals surface area contributed by atoms with Gasteiger partial charge in [-0.15, -0.1) is 0 Å². The predicted molar refractivity (Wildman–Crippen MR) is 64.0 cm³/mol. The third-order valence-corrected chi connectivity index (χ3v) is 3.41. The fourth-order valence-corrected chi connectivity index (χ4v) is 2.08. The summed E-state index contributed by atoms with van der Waals surface area (Å²) in [6.07, 6.45) is -1.03. The zero-order valence-corrected chi connectivity index (χ0v) is 10.7. The first-order chi connectivity index (χ1) is 8.49. The lowest BCUT2D eigenvalue weighted by molar-refractivity contribution is -0.117. The Bertz CT molecular complexity index is 484. The van der Waals surface area contributed by atoms with Crippen LogP contribution in [0.5, 0.6) is 0 Å². The molecule has 2 atom stereocenters. The van der Waals surface area contributed by atoms with Gasteiger partial charge in [0.05, 0.1) is 16.2 Å². The molecular formula is C11H10BrF3N2O. The van der Waals surface area contributed by atoms with Crippen LogP contribution in [0.1, 0.15) is 6.42 Å². The van der Waals surface area contributed by atoms with Gasteiger partial charge in [0.2, 0.25) is 5.91 Å². The van der Waals surface area contributed by atoms with E-state index in [1.165, 1.54) is 0 Å². The van der Waals surface area contributed by atoms with Gasteiger partial charge in [-0.05, 0) is 28.1 Å². The second kappa shape index (κ2) is 5.27. The molecule has 0 saturated carbocycles. The van der Waals surface area contributed by atoms with E-state index in [4.69, 9.17) is 0 Å². The molecule has 1 fully saturated rings. The predicted octanol–water partition coefficient (Wildman–Crippen LogP) is 2.37. The third-order valence-electron chi connectivity index (χ3n) is 2.69. The molecular weight excluding hydrogens is 313 g/mol. The van der Waals surface area contributed by atoms with Crippen molar-refractivity contribution in [3.05, 3.63) is 28.2 Å². The highest BCUT2D eigenvalue weighted by Crippen LogP contribution is 2.26. The van der Waals surface area contributed by atoms with Gasteiger partial charge in [0, 0.05) is 13.0 Å². The van der Waals surface area contributed by atoms with Crippen LogP contribution in [-0.2, 0) is 4.79 Å². The minimum Gasteiger partial charge on any atom is -0.322 e. The molecule has 0 aromatic heterocycles. The van der Waals surface area contributed by atoms with E-state index in [0.717, 1.165) is 12.1 Å². The maximum atomic E-state index is 13.6. The largest absolute Gasteiger partial charge is 0.322 e. The Morgan fingerprint density at radius 1 is 1.44 bits per heavy atom. The van der Waals surface area contributed by atoms with Crippen LogP contribution in [0.2, 0.25) is 0 Å². The molecule has 0 spiro atoms. The number of hydrogen-bond acceptors (Lipinski definition) is 2. The Kier molecular flexibility index (Phi) is 3.91. The molecule has 1 aromatic rings. The summed E-state index contributed by atoms with van der Waals surface area (Å²) in [5.41, 5.74) is -0.141. The zero-order valence-electron chi connectivity index (χ0n) is 9.14. The molecule has 98 valence electrons. The maximum absolute atomic E-state index is 13.6. The molecule has 1 heterocycles. The van der Waals surface area contributed by atoms with Gasteiger partial charge in [-0.2, -0.15) is 0 Å². The third kappa shape index (κ3) is 2.67. The van der Waals surface area contributed by atoms with Gasteiger partial charge < -0.3 is 10.6 Å². The second-order valence-electron chi connectivity index (χ2n) is 4.01. The Labute approximate surface area is 110 Å². The quantitative estimate of drug-likeness (QED) is 0.821. The number of anilines is 1. The first kappa shape index (κ1) is 13.4. The molecule has 7 heteroatoms. The van der Waals surface area contributed by atoms with Crippen LogP contribution in [0.15, 0.2) is 16.6 Å². The van der Waals surface area contributed by atoms with Crippen LogP contribution in [0.25, 0.3) is 0 Å². The highest BCUT2D eigenvalue weighted by molar-refractivity contribution is 9.10. The van der Waals surface area contributed by atoms with Crippen LogP contribution in [-0.4, -0.2) is 24.7 Å². The molecule has 3 nitrogen and oxygen atoms in total. The zero-order chi connectivity index (χ0) is 13.3. The smallest absolute Gasteiger partial charge is 0.241 e. The van der Waals surface area contributed by atoms with E-state index in [1.54, 1.807) is 0 Å². The minimum absolute atomic E-state index is 0.0514. The SMILES string of the molecule is O=C(Nc1ccc(F)c(Br)c1F)C1CC(F)CN1. The summed E-state index contributed by atoms with van der Waals surface area (Å²) in [6, 6.07) is 1.46. The van der Waals surface area contributed by atoms with Crippen molar-refractivity contribution in [1.29, 1.82) is 0 Å². The molecule has 1 aliphatic heterocycles. The van der Waals surface area contributed by atoms with Gasteiger partial charge in [-0.25, -0.2) is 13.2 Å². The number of rotatable bonds is 2. The first-order valence-electron chi connectivity index (χ1n) is 5.31. The maximum Gasteiger partial charge on any atom is 0.241 e. The van der Waals surface area contributed by atoms with Gasteiger partial charge in [0.25, 0.3) is 0 Å². The summed E-state index contributed by atoms with van der Waals surface area (Å²) >= 11 is 2.74. The molecule has 0 radical (unpaired) electrons. The van der Waals surface area contributed by atoms with Crippen molar-refractivity contribution in [3.63, 3.8) is 0 Å². The number of amides is 1. The summed E-state index contributed by atoms with van der Waals surface area (Å²) in [6.45, 7) is 0.105. The Balaban J connectivity index is 2.10. The number of alkyl halides is 1. The standard InChI is InChI=1S/C11H10BrF3N2O/c12-9-6(14)1-2-7(10(9)15)17-11(18)8-3-5(13)4-16-8/h1-2,5,8,16H,3-4H2,(H,17,18). The molecule has 1 amide bonds. The number of halogens is 4. The van der Waals surface area contributed by atoms with Gasteiger partial charge in [-0.1, -0.05) is 0 Å². The Morgan fingerprint density at radius 2 is 2.17 bits per heavy atom. The monoisotopic (exact) mass is 322 g/mol. The number of carbonyl (C=O) groups is 1.